The van der Waals surface area contributed by atoms with Gasteiger partial charge in [-0.25, -0.2) is 0 Å². The second-order valence-electron chi connectivity index (χ2n) is 4.59. The summed E-state index contributed by atoms with van der Waals surface area (Å²) in [6.07, 6.45) is 0. The van der Waals surface area contributed by atoms with Gasteiger partial charge in [-0.15, -0.1) is 0 Å². The van der Waals surface area contributed by atoms with E-state index >= 15 is 0 Å². The lowest BCUT2D eigenvalue weighted by Crippen LogP contribution is -2.13. The minimum Gasteiger partial charge on any atom is -0.507 e. The van der Waals surface area contributed by atoms with E-state index in [0.29, 0.717) is 21.7 Å². The number of nitrogens with two attached hydrogens (primary N) is 1. The van der Waals surface area contributed by atoms with Crippen LogP contribution in [0, 0.1) is 3.57 Å². The van der Waals surface area contributed by atoms with Crippen molar-refractivity contribution in [2.45, 2.75) is 0 Å². The number of aromatic nitrogens is 1. The molecule has 0 amide bonds. The molecule has 1 heterocycles. The van der Waals surface area contributed by atoms with Crippen LogP contribution in [-0.4, -0.2) is 10.1 Å². The van der Waals surface area contributed by atoms with Crippen LogP contribution in [0.25, 0.3) is 22.0 Å². The van der Waals surface area contributed by atoms with Crippen molar-refractivity contribution in [2.75, 3.05) is 5.73 Å². The molecule has 0 aliphatic heterocycles. The van der Waals surface area contributed by atoms with E-state index in [1.165, 1.54) is 6.07 Å². The van der Waals surface area contributed by atoms with Gasteiger partial charge in [0, 0.05) is 30.6 Å². The summed E-state index contributed by atoms with van der Waals surface area (Å²) in [5.41, 5.74) is 7.21. The SMILES string of the molecule is Nc1c(-c2cc(Cl)ccc2O)c2cc(I)ccc2[nH]c1=O. The molecule has 21 heavy (non-hydrogen) atoms. The zero-order chi connectivity index (χ0) is 15.1. The van der Waals surface area contributed by atoms with Gasteiger partial charge in [-0.05, 0) is 59.0 Å². The van der Waals surface area contributed by atoms with Crippen molar-refractivity contribution in [3.63, 3.8) is 0 Å². The van der Waals surface area contributed by atoms with E-state index < -0.39 is 5.56 Å². The number of benzene rings is 2. The second-order valence-corrected chi connectivity index (χ2v) is 6.28. The number of phenols is 1. The van der Waals surface area contributed by atoms with Gasteiger partial charge in [0.15, 0.2) is 0 Å². The van der Waals surface area contributed by atoms with E-state index in [0.717, 1.165) is 8.96 Å². The van der Waals surface area contributed by atoms with Crippen LogP contribution < -0.4 is 11.3 Å². The van der Waals surface area contributed by atoms with Gasteiger partial charge in [-0.1, -0.05) is 11.6 Å². The van der Waals surface area contributed by atoms with Gasteiger partial charge in [-0.2, -0.15) is 0 Å². The summed E-state index contributed by atoms with van der Waals surface area (Å²) in [5, 5.41) is 11.3. The molecular weight excluding hydrogens is 403 g/mol. The van der Waals surface area contributed by atoms with Crippen molar-refractivity contribution < 1.29 is 5.11 Å². The maximum atomic E-state index is 12.0. The Labute approximate surface area is 138 Å². The number of nitrogens with one attached hydrogen (secondary N) is 1. The molecule has 6 heteroatoms. The lowest BCUT2D eigenvalue weighted by Gasteiger charge is -2.12. The maximum absolute atomic E-state index is 12.0. The summed E-state index contributed by atoms with van der Waals surface area (Å²) >= 11 is 8.18. The number of halogens is 2. The molecule has 0 saturated heterocycles. The molecule has 0 unspecified atom stereocenters. The smallest absolute Gasteiger partial charge is 0.272 e. The Morgan fingerprint density at radius 3 is 2.71 bits per heavy atom. The van der Waals surface area contributed by atoms with Crippen molar-refractivity contribution in [1.82, 2.24) is 4.98 Å². The zero-order valence-electron chi connectivity index (χ0n) is 10.7. The highest BCUT2D eigenvalue weighted by atomic mass is 127. The van der Waals surface area contributed by atoms with Crippen LogP contribution in [0.2, 0.25) is 5.02 Å². The van der Waals surface area contributed by atoms with Crippen LogP contribution in [0.4, 0.5) is 5.69 Å². The first-order chi connectivity index (χ1) is 9.97. The molecule has 106 valence electrons. The van der Waals surface area contributed by atoms with Gasteiger partial charge >= 0.3 is 0 Å². The molecule has 0 spiro atoms. The molecule has 0 atom stereocenters. The number of phenolic OH excluding ortho intramolecular Hbond substituents is 1. The predicted octanol–water partition coefficient (Wildman–Crippen LogP) is 3.74. The number of aromatic hydroxyl groups is 1. The first-order valence-corrected chi connectivity index (χ1v) is 7.53. The van der Waals surface area contributed by atoms with Crippen LogP contribution in [0.3, 0.4) is 0 Å². The average Bonchev–Trinajstić information content (AvgIpc) is 2.44. The Morgan fingerprint density at radius 2 is 1.95 bits per heavy atom. The number of hydrogen-bond donors (Lipinski definition) is 3. The number of aromatic amines is 1. The molecular formula is C15H10ClIN2O2. The Kier molecular flexibility index (Phi) is 3.54. The van der Waals surface area contributed by atoms with Gasteiger partial charge in [0.1, 0.15) is 11.4 Å². The third kappa shape index (κ3) is 2.47. The highest BCUT2D eigenvalue weighted by Crippen LogP contribution is 2.38. The first kappa shape index (κ1) is 14.2. The largest absolute Gasteiger partial charge is 0.507 e. The topological polar surface area (TPSA) is 79.1 Å². The summed E-state index contributed by atoms with van der Waals surface area (Å²) < 4.78 is 0.995. The summed E-state index contributed by atoms with van der Waals surface area (Å²) in [5.74, 6) is 0.0249. The summed E-state index contributed by atoms with van der Waals surface area (Å²) in [6.45, 7) is 0. The molecule has 3 aromatic rings. The van der Waals surface area contributed by atoms with Crippen molar-refractivity contribution in [3.05, 3.63) is 55.3 Å². The number of rotatable bonds is 1. The fourth-order valence-corrected chi connectivity index (χ4v) is 2.94. The van der Waals surface area contributed by atoms with Crippen molar-refractivity contribution in [1.29, 1.82) is 0 Å². The molecule has 4 nitrogen and oxygen atoms in total. The Balaban J connectivity index is 2.51. The first-order valence-electron chi connectivity index (χ1n) is 6.07. The standard InChI is InChI=1S/C15H10ClIN2O2/c16-7-1-4-12(20)10(5-7)13-9-6-8(17)2-3-11(9)19-15(21)14(13)18/h1-6,20H,18H2,(H,19,21). The van der Waals surface area contributed by atoms with E-state index in [1.807, 2.05) is 18.2 Å². The molecule has 0 aliphatic rings. The lowest BCUT2D eigenvalue weighted by molar-refractivity contribution is 0.477. The maximum Gasteiger partial charge on any atom is 0.272 e. The van der Waals surface area contributed by atoms with Gasteiger partial charge in [0.2, 0.25) is 0 Å². The number of hydrogen-bond acceptors (Lipinski definition) is 3. The number of anilines is 1. The van der Waals surface area contributed by atoms with Crippen LogP contribution >= 0.6 is 34.2 Å². The van der Waals surface area contributed by atoms with Crippen molar-refractivity contribution >= 4 is 50.8 Å². The molecule has 0 bridgehead atoms. The molecule has 3 rings (SSSR count). The molecule has 0 fully saturated rings. The summed E-state index contributed by atoms with van der Waals surface area (Å²) in [4.78, 5) is 14.7. The number of nitrogen functional groups attached to an aromatic ring is 1. The number of fused-ring (bicyclic) bond motifs is 1. The minimum absolute atomic E-state index is 0.0249. The quantitative estimate of drug-likeness (QED) is 0.533. The van der Waals surface area contributed by atoms with E-state index in [9.17, 15) is 9.90 Å². The predicted molar refractivity (Wildman–Crippen MR) is 93.8 cm³/mol. The van der Waals surface area contributed by atoms with Gasteiger partial charge in [-0.3, -0.25) is 4.79 Å². The Bertz CT molecular complexity index is 921. The van der Waals surface area contributed by atoms with Gasteiger partial charge < -0.3 is 15.8 Å². The molecule has 0 saturated carbocycles. The van der Waals surface area contributed by atoms with E-state index in [2.05, 4.69) is 27.6 Å². The molecule has 0 aliphatic carbocycles. The normalized spacial score (nSPS) is 11.0. The van der Waals surface area contributed by atoms with Crippen LogP contribution in [0.5, 0.6) is 5.75 Å². The number of pyridine rings is 1. The zero-order valence-corrected chi connectivity index (χ0v) is 13.6. The van der Waals surface area contributed by atoms with E-state index in [4.69, 9.17) is 17.3 Å². The van der Waals surface area contributed by atoms with Crippen LogP contribution in [-0.2, 0) is 0 Å². The van der Waals surface area contributed by atoms with Crippen LogP contribution in [0.15, 0.2) is 41.2 Å². The monoisotopic (exact) mass is 412 g/mol. The van der Waals surface area contributed by atoms with Gasteiger partial charge in [0.25, 0.3) is 5.56 Å². The third-order valence-corrected chi connectivity index (χ3v) is 4.15. The van der Waals surface area contributed by atoms with Crippen molar-refractivity contribution in [2.24, 2.45) is 0 Å². The molecule has 2 aromatic carbocycles. The highest BCUT2D eigenvalue weighted by molar-refractivity contribution is 14.1. The average molecular weight is 413 g/mol. The highest BCUT2D eigenvalue weighted by Gasteiger charge is 2.16. The Hall–Kier alpha value is -1.73. The third-order valence-electron chi connectivity index (χ3n) is 3.24. The van der Waals surface area contributed by atoms with E-state index in [1.54, 1.807) is 12.1 Å². The molecule has 4 N–H and O–H groups in total. The lowest BCUT2D eigenvalue weighted by atomic mass is 9.99. The fourth-order valence-electron chi connectivity index (χ4n) is 2.28. The van der Waals surface area contributed by atoms with Crippen molar-refractivity contribution in [3.8, 4) is 16.9 Å². The Morgan fingerprint density at radius 1 is 1.19 bits per heavy atom. The van der Waals surface area contributed by atoms with E-state index in [-0.39, 0.29) is 11.4 Å². The summed E-state index contributed by atoms with van der Waals surface area (Å²) in [6, 6.07) is 10.3. The fraction of sp³-hybridized carbons (Fsp3) is 0. The van der Waals surface area contributed by atoms with Crippen LogP contribution in [0.1, 0.15) is 0 Å². The molecule has 0 radical (unpaired) electrons. The van der Waals surface area contributed by atoms with Gasteiger partial charge in [0.05, 0.1) is 0 Å². The number of H-pyrrole nitrogens is 1. The summed E-state index contributed by atoms with van der Waals surface area (Å²) in [7, 11) is 0. The second kappa shape index (κ2) is 5.23. The minimum atomic E-state index is -0.391. The molecule has 1 aromatic heterocycles.